The molecule has 1 aliphatic rings. The lowest BCUT2D eigenvalue weighted by Crippen LogP contribution is -2.39. The smallest absolute Gasteiger partial charge is 0.146 e. The van der Waals surface area contributed by atoms with Crippen molar-refractivity contribution in [1.29, 1.82) is 0 Å². The average Bonchev–Trinajstić information content (AvgIpc) is 2.23. The summed E-state index contributed by atoms with van der Waals surface area (Å²) in [6.07, 6.45) is 5.04. The highest BCUT2D eigenvalue weighted by Gasteiger charge is 2.32. The van der Waals surface area contributed by atoms with Gasteiger partial charge in [0.25, 0.3) is 0 Å². The molecule has 0 spiro atoms. The van der Waals surface area contributed by atoms with E-state index in [1.165, 1.54) is 6.42 Å². The van der Waals surface area contributed by atoms with Crippen molar-refractivity contribution in [2.24, 2.45) is 5.73 Å². The summed E-state index contributed by atoms with van der Waals surface area (Å²) in [5.74, 6) is -0.344. The van der Waals surface area contributed by atoms with Gasteiger partial charge in [0.1, 0.15) is 5.82 Å². The molecular weight excluding hydrogens is 213 g/mol. The minimum absolute atomic E-state index is 0.169. The van der Waals surface area contributed by atoms with Gasteiger partial charge in [-0.3, -0.25) is 0 Å². The molecule has 0 radical (unpaired) electrons. The van der Waals surface area contributed by atoms with E-state index in [0.717, 1.165) is 25.7 Å². The molecule has 1 aliphatic carbocycles. The van der Waals surface area contributed by atoms with Crippen LogP contribution < -0.4 is 5.73 Å². The highest BCUT2D eigenvalue weighted by Crippen LogP contribution is 2.37. The Balaban J connectivity index is 2.39. The Kier molecular flexibility index (Phi) is 2.98. The fourth-order valence-electron chi connectivity index (χ4n) is 2.34. The van der Waals surface area contributed by atoms with E-state index >= 15 is 0 Å². The van der Waals surface area contributed by atoms with E-state index < -0.39 is 5.54 Å². The molecule has 0 amide bonds. The maximum atomic E-state index is 13.8. The molecule has 0 saturated heterocycles. The predicted octanol–water partition coefficient (Wildman–Crippen LogP) is 3.60. The number of nitrogens with two attached hydrogens (primary N) is 1. The van der Waals surface area contributed by atoms with Crippen molar-refractivity contribution in [3.05, 3.63) is 34.6 Å². The van der Waals surface area contributed by atoms with Gasteiger partial charge >= 0.3 is 0 Å². The first-order chi connectivity index (χ1) is 7.13. The summed E-state index contributed by atoms with van der Waals surface area (Å²) >= 11 is 5.76. The zero-order valence-corrected chi connectivity index (χ0v) is 9.36. The number of benzene rings is 1. The molecule has 1 saturated carbocycles. The van der Waals surface area contributed by atoms with Gasteiger partial charge in [0.05, 0.1) is 5.02 Å². The van der Waals surface area contributed by atoms with Gasteiger partial charge < -0.3 is 5.73 Å². The normalized spacial score (nSPS) is 20.2. The van der Waals surface area contributed by atoms with Crippen LogP contribution in [0.25, 0.3) is 0 Å². The quantitative estimate of drug-likeness (QED) is 0.780. The standard InChI is InChI=1S/C12H15ClFN/c13-10-6-4-5-9(11(10)14)12(15)7-2-1-3-8-12/h4-6H,1-3,7-8,15H2. The van der Waals surface area contributed by atoms with Gasteiger partial charge in [-0.1, -0.05) is 43.0 Å². The Bertz CT molecular complexity index is 359. The van der Waals surface area contributed by atoms with Gasteiger partial charge in [0, 0.05) is 11.1 Å². The molecule has 82 valence electrons. The lowest BCUT2D eigenvalue weighted by Gasteiger charge is -2.34. The monoisotopic (exact) mass is 227 g/mol. The first-order valence-electron chi connectivity index (χ1n) is 5.37. The van der Waals surface area contributed by atoms with Crippen LogP contribution in [0.5, 0.6) is 0 Å². The maximum absolute atomic E-state index is 13.8. The van der Waals surface area contributed by atoms with Crippen molar-refractivity contribution in [3.63, 3.8) is 0 Å². The fourth-order valence-corrected chi connectivity index (χ4v) is 2.51. The Labute approximate surface area is 94.4 Å². The maximum Gasteiger partial charge on any atom is 0.146 e. The van der Waals surface area contributed by atoms with E-state index in [4.69, 9.17) is 17.3 Å². The molecule has 0 heterocycles. The first-order valence-corrected chi connectivity index (χ1v) is 5.75. The molecule has 3 heteroatoms. The van der Waals surface area contributed by atoms with Crippen LogP contribution in [0.1, 0.15) is 37.7 Å². The van der Waals surface area contributed by atoms with Gasteiger partial charge in [-0.05, 0) is 18.9 Å². The number of rotatable bonds is 1. The number of hydrogen-bond acceptors (Lipinski definition) is 1. The minimum Gasteiger partial charge on any atom is -0.321 e. The van der Waals surface area contributed by atoms with E-state index in [0.29, 0.717) is 5.56 Å². The third-order valence-electron chi connectivity index (χ3n) is 3.23. The molecule has 2 rings (SSSR count). The third kappa shape index (κ3) is 2.01. The molecule has 2 N–H and O–H groups in total. The van der Waals surface area contributed by atoms with Crippen LogP contribution in [-0.4, -0.2) is 0 Å². The van der Waals surface area contributed by atoms with Crippen molar-refractivity contribution in [3.8, 4) is 0 Å². The summed E-state index contributed by atoms with van der Waals surface area (Å²) in [5, 5.41) is 0.169. The summed E-state index contributed by atoms with van der Waals surface area (Å²) in [5.41, 5.74) is 6.32. The van der Waals surface area contributed by atoms with E-state index in [9.17, 15) is 4.39 Å². The molecule has 0 aromatic heterocycles. The average molecular weight is 228 g/mol. The van der Waals surface area contributed by atoms with Crippen molar-refractivity contribution >= 4 is 11.6 Å². The second kappa shape index (κ2) is 4.11. The SMILES string of the molecule is NC1(c2cccc(Cl)c2F)CCCCC1. The molecule has 1 aromatic carbocycles. The van der Waals surface area contributed by atoms with Crippen molar-refractivity contribution in [2.75, 3.05) is 0 Å². The fraction of sp³-hybridized carbons (Fsp3) is 0.500. The second-order valence-corrected chi connectivity index (χ2v) is 4.73. The molecule has 0 bridgehead atoms. The van der Waals surface area contributed by atoms with Gasteiger partial charge in [-0.2, -0.15) is 0 Å². The lowest BCUT2D eigenvalue weighted by molar-refractivity contribution is 0.293. The largest absolute Gasteiger partial charge is 0.321 e. The Morgan fingerprint density at radius 1 is 1.20 bits per heavy atom. The molecule has 1 aromatic rings. The van der Waals surface area contributed by atoms with Crippen LogP contribution >= 0.6 is 11.6 Å². The van der Waals surface area contributed by atoms with E-state index in [2.05, 4.69) is 0 Å². The van der Waals surface area contributed by atoms with Crippen LogP contribution in [-0.2, 0) is 5.54 Å². The van der Waals surface area contributed by atoms with E-state index in [1.807, 2.05) is 0 Å². The van der Waals surface area contributed by atoms with Crippen LogP contribution in [0, 0.1) is 5.82 Å². The molecule has 15 heavy (non-hydrogen) atoms. The van der Waals surface area contributed by atoms with Crippen LogP contribution in [0.3, 0.4) is 0 Å². The summed E-state index contributed by atoms with van der Waals surface area (Å²) in [6, 6.07) is 5.09. The van der Waals surface area contributed by atoms with Gasteiger partial charge in [-0.15, -0.1) is 0 Å². The summed E-state index contributed by atoms with van der Waals surface area (Å²) in [6.45, 7) is 0. The summed E-state index contributed by atoms with van der Waals surface area (Å²) in [7, 11) is 0. The predicted molar refractivity (Wildman–Crippen MR) is 60.4 cm³/mol. The summed E-state index contributed by atoms with van der Waals surface area (Å²) in [4.78, 5) is 0. The number of hydrogen-bond donors (Lipinski definition) is 1. The Hall–Kier alpha value is -0.600. The van der Waals surface area contributed by atoms with Gasteiger partial charge in [0.15, 0.2) is 0 Å². The Morgan fingerprint density at radius 2 is 1.87 bits per heavy atom. The zero-order valence-electron chi connectivity index (χ0n) is 8.60. The first kappa shape index (κ1) is 10.9. The number of halogens is 2. The van der Waals surface area contributed by atoms with Crippen molar-refractivity contribution < 1.29 is 4.39 Å². The Morgan fingerprint density at radius 3 is 2.53 bits per heavy atom. The topological polar surface area (TPSA) is 26.0 Å². The highest BCUT2D eigenvalue weighted by molar-refractivity contribution is 6.30. The second-order valence-electron chi connectivity index (χ2n) is 4.32. The molecule has 1 nitrogen and oxygen atoms in total. The molecule has 0 atom stereocenters. The molecular formula is C12H15ClFN. The van der Waals surface area contributed by atoms with Gasteiger partial charge in [-0.25, -0.2) is 4.39 Å². The summed E-state index contributed by atoms with van der Waals surface area (Å²) < 4.78 is 13.8. The zero-order chi connectivity index (χ0) is 10.9. The minimum atomic E-state index is -0.507. The van der Waals surface area contributed by atoms with Crippen LogP contribution in [0.2, 0.25) is 5.02 Å². The highest BCUT2D eigenvalue weighted by atomic mass is 35.5. The van der Waals surface area contributed by atoms with E-state index in [-0.39, 0.29) is 10.8 Å². The van der Waals surface area contributed by atoms with E-state index in [1.54, 1.807) is 18.2 Å². The van der Waals surface area contributed by atoms with Crippen LogP contribution in [0.15, 0.2) is 18.2 Å². The third-order valence-corrected chi connectivity index (χ3v) is 3.53. The molecule has 1 fully saturated rings. The van der Waals surface area contributed by atoms with Crippen molar-refractivity contribution in [1.82, 2.24) is 0 Å². The van der Waals surface area contributed by atoms with Crippen LogP contribution in [0.4, 0.5) is 4.39 Å². The lowest BCUT2D eigenvalue weighted by atomic mass is 9.77. The van der Waals surface area contributed by atoms with Gasteiger partial charge in [0.2, 0.25) is 0 Å². The van der Waals surface area contributed by atoms with Crippen molar-refractivity contribution in [2.45, 2.75) is 37.6 Å². The molecule has 0 aliphatic heterocycles. The molecule has 0 unspecified atom stereocenters.